The van der Waals surface area contributed by atoms with Gasteiger partial charge in [0.1, 0.15) is 0 Å². The van der Waals surface area contributed by atoms with Crippen molar-refractivity contribution in [1.29, 1.82) is 0 Å². The number of esters is 1. The molecule has 468 valence electrons. The van der Waals surface area contributed by atoms with Crippen molar-refractivity contribution in [3.8, 4) is 0 Å². The highest BCUT2D eigenvalue weighted by Gasteiger charge is 2.18. The summed E-state index contributed by atoms with van der Waals surface area (Å²) in [6.45, 7) is 4.90. The Morgan fingerprint density at radius 1 is 0.342 bits per heavy atom. The molecule has 2 atom stereocenters. The van der Waals surface area contributed by atoms with Gasteiger partial charge in [0.05, 0.1) is 25.4 Å². The third-order valence-electron chi connectivity index (χ3n) is 17.0. The molecule has 6 heteroatoms. The first-order valence-corrected chi connectivity index (χ1v) is 36.1. The molecule has 0 aliphatic rings. The molecule has 0 rings (SSSR count). The molecular formula is C73H141NO5. The van der Waals surface area contributed by atoms with Crippen LogP contribution in [0.4, 0.5) is 0 Å². The van der Waals surface area contributed by atoms with Crippen molar-refractivity contribution in [1.82, 2.24) is 5.32 Å². The monoisotopic (exact) mass is 1110 g/mol. The van der Waals surface area contributed by atoms with Crippen LogP contribution in [0.5, 0.6) is 0 Å². The largest absolute Gasteiger partial charge is 0.466 e. The normalized spacial score (nSPS) is 12.6. The highest BCUT2D eigenvalue weighted by molar-refractivity contribution is 5.76. The maximum atomic E-state index is 12.4. The quantitative estimate of drug-likeness (QED) is 0.0320. The number of hydrogen-bond donors (Lipinski definition) is 3. The van der Waals surface area contributed by atoms with Crippen molar-refractivity contribution in [2.75, 3.05) is 13.2 Å². The van der Waals surface area contributed by atoms with Crippen LogP contribution in [-0.2, 0) is 14.3 Å². The number of aliphatic hydroxyl groups is 2. The maximum Gasteiger partial charge on any atom is 0.305 e. The van der Waals surface area contributed by atoms with Crippen LogP contribution in [0.15, 0.2) is 24.3 Å². The molecule has 0 saturated carbocycles. The number of unbranched alkanes of at least 4 members (excludes halogenated alkanes) is 55. The molecule has 0 bridgehead atoms. The minimum atomic E-state index is -0.837. The van der Waals surface area contributed by atoms with Crippen LogP contribution in [0.3, 0.4) is 0 Å². The number of carbonyl (C=O) groups is 2. The van der Waals surface area contributed by atoms with Gasteiger partial charge in [0.15, 0.2) is 0 Å². The third-order valence-corrected chi connectivity index (χ3v) is 17.0. The van der Waals surface area contributed by atoms with Gasteiger partial charge in [-0.2, -0.15) is 0 Å². The van der Waals surface area contributed by atoms with Crippen LogP contribution < -0.4 is 5.32 Å². The molecule has 0 aromatic rings. The van der Waals surface area contributed by atoms with Crippen molar-refractivity contribution in [3.05, 3.63) is 24.3 Å². The lowest BCUT2D eigenvalue weighted by Crippen LogP contribution is -2.45. The van der Waals surface area contributed by atoms with E-state index in [0.29, 0.717) is 19.4 Å². The summed E-state index contributed by atoms with van der Waals surface area (Å²) < 4.78 is 5.50. The molecule has 0 saturated heterocycles. The fourth-order valence-electron chi connectivity index (χ4n) is 11.5. The van der Waals surface area contributed by atoms with Gasteiger partial charge in [0.25, 0.3) is 0 Å². The predicted molar refractivity (Wildman–Crippen MR) is 347 cm³/mol. The Balaban J connectivity index is 3.27. The van der Waals surface area contributed by atoms with E-state index in [0.717, 1.165) is 44.9 Å². The van der Waals surface area contributed by atoms with E-state index >= 15 is 0 Å². The van der Waals surface area contributed by atoms with Crippen LogP contribution in [0.1, 0.15) is 406 Å². The van der Waals surface area contributed by atoms with E-state index in [1.165, 1.54) is 334 Å². The van der Waals surface area contributed by atoms with Gasteiger partial charge < -0.3 is 20.3 Å². The third kappa shape index (κ3) is 65.4. The van der Waals surface area contributed by atoms with E-state index in [1.54, 1.807) is 6.08 Å². The topological polar surface area (TPSA) is 95.9 Å². The number of allylic oxidation sites excluding steroid dienone is 3. The molecule has 6 nitrogen and oxygen atoms in total. The molecule has 0 aliphatic heterocycles. The van der Waals surface area contributed by atoms with Gasteiger partial charge in [0.2, 0.25) is 5.91 Å². The van der Waals surface area contributed by atoms with Gasteiger partial charge in [-0.05, 0) is 57.8 Å². The molecule has 0 spiro atoms. The van der Waals surface area contributed by atoms with Gasteiger partial charge in [-0.1, -0.05) is 359 Å². The standard InChI is InChI=1S/C73H141NO5/c1-3-5-7-9-11-13-14-15-16-41-44-47-51-55-59-63-67-73(78)79-68-64-60-56-52-48-45-42-39-37-35-33-31-29-27-25-23-21-19-17-18-20-22-24-26-28-30-32-34-36-38-40-43-46-50-54-58-62-66-72(77)74-70(69-75)71(76)65-61-57-53-49-12-10-8-6-4-2/h16,41,61,65,70-71,75-76H,3-15,17-40,42-60,62-64,66-69H2,1-2H3,(H,74,77)/b41-16-,65-61+. The van der Waals surface area contributed by atoms with E-state index in [4.69, 9.17) is 4.74 Å². The van der Waals surface area contributed by atoms with Crippen molar-refractivity contribution in [2.24, 2.45) is 0 Å². The van der Waals surface area contributed by atoms with Crippen LogP contribution in [0.2, 0.25) is 0 Å². The summed E-state index contributed by atoms with van der Waals surface area (Å²) in [7, 11) is 0. The number of rotatable bonds is 68. The average Bonchev–Trinajstić information content (AvgIpc) is 3.45. The zero-order valence-electron chi connectivity index (χ0n) is 53.6. The SMILES string of the molecule is CCCCCCCCC/C=C\CCCCCCCC(=O)OCCCCCCCCCCCCCCCCCCCCCCCCCCCCCCCCCCCCCCCC(=O)NC(CO)C(O)/C=C/CCCCCCCCC. The molecule has 0 fully saturated rings. The zero-order valence-corrected chi connectivity index (χ0v) is 53.6. The summed E-state index contributed by atoms with van der Waals surface area (Å²) >= 11 is 0. The van der Waals surface area contributed by atoms with E-state index in [1.807, 2.05) is 6.08 Å². The van der Waals surface area contributed by atoms with Gasteiger partial charge in [0, 0.05) is 12.8 Å². The highest BCUT2D eigenvalue weighted by atomic mass is 16.5. The zero-order chi connectivity index (χ0) is 57.1. The minimum absolute atomic E-state index is 0.0163. The lowest BCUT2D eigenvalue weighted by Gasteiger charge is -2.20. The summed E-state index contributed by atoms with van der Waals surface area (Å²) in [5.41, 5.74) is 0. The second-order valence-electron chi connectivity index (χ2n) is 24.9. The summed E-state index contributed by atoms with van der Waals surface area (Å²) in [6.07, 6.45) is 87.3. The molecule has 0 aliphatic carbocycles. The average molecular weight is 1110 g/mol. The fourth-order valence-corrected chi connectivity index (χ4v) is 11.5. The first-order valence-electron chi connectivity index (χ1n) is 36.1. The number of nitrogens with one attached hydrogen (secondary N) is 1. The molecule has 0 aromatic carbocycles. The van der Waals surface area contributed by atoms with Crippen molar-refractivity contribution in [3.63, 3.8) is 0 Å². The highest BCUT2D eigenvalue weighted by Crippen LogP contribution is 2.19. The van der Waals surface area contributed by atoms with Crippen molar-refractivity contribution in [2.45, 2.75) is 418 Å². The summed E-state index contributed by atoms with van der Waals surface area (Å²) in [5, 5.41) is 23.0. The van der Waals surface area contributed by atoms with Crippen molar-refractivity contribution < 1.29 is 24.5 Å². The summed E-state index contributed by atoms with van der Waals surface area (Å²) in [6, 6.07) is -0.621. The molecule has 0 aromatic heterocycles. The second-order valence-corrected chi connectivity index (χ2v) is 24.9. The molecule has 79 heavy (non-hydrogen) atoms. The van der Waals surface area contributed by atoms with Crippen molar-refractivity contribution >= 4 is 11.9 Å². The first kappa shape index (κ1) is 77.3. The molecule has 0 heterocycles. The lowest BCUT2D eigenvalue weighted by atomic mass is 10.0. The number of aliphatic hydroxyl groups excluding tert-OH is 2. The Morgan fingerprint density at radius 3 is 0.899 bits per heavy atom. The van der Waals surface area contributed by atoms with Gasteiger partial charge in [-0.25, -0.2) is 0 Å². The van der Waals surface area contributed by atoms with Crippen LogP contribution in [-0.4, -0.2) is 47.4 Å². The molecule has 0 radical (unpaired) electrons. The van der Waals surface area contributed by atoms with E-state index in [-0.39, 0.29) is 18.5 Å². The second kappa shape index (κ2) is 68.8. The fraction of sp³-hybridized carbons (Fsp3) is 0.918. The molecule has 2 unspecified atom stereocenters. The van der Waals surface area contributed by atoms with E-state index < -0.39 is 12.1 Å². The Labute approximate surface area is 494 Å². The van der Waals surface area contributed by atoms with Crippen LogP contribution in [0.25, 0.3) is 0 Å². The first-order chi connectivity index (χ1) is 39.0. The van der Waals surface area contributed by atoms with Gasteiger partial charge in [-0.15, -0.1) is 0 Å². The Kier molecular flexibility index (Phi) is 67.4. The Morgan fingerprint density at radius 2 is 0.595 bits per heavy atom. The predicted octanol–water partition coefficient (Wildman–Crippen LogP) is 23.3. The number of hydrogen-bond acceptors (Lipinski definition) is 5. The number of ether oxygens (including phenoxy) is 1. The molecular weight excluding hydrogens is 971 g/mol. The lowest BCUT2D eigenvalue weighted by molar-refractivity contribution is -0.143. The number of carbonyl (C=O) groups excluding carboxylic acids is 2. The molecule has 3 N–H and O–H groups in total. The Bertz CT molecular complexity index is 1230. The molecule has 1 amide bonds. The Hall–Kier alpha value is -1.66. The van der Waals surface area contributed by atoms with E-state index in [9.17, 15) is 19.8 Å². The summed E-state index contributed by atoms with van der Waals surface area (Å²) in [5.74, 6) is -0.0470. The smallest absolute Gasteiger partial charge is 0.305 e. The number of amides is 1. The maximum absolute atomic E-state index is 12.4. The van der Waals surface area contributed by atoms with Gasteiger partial charge in [-0.3, -0.25) is 9.59 Å². The van der Waals surface area contributed by atoms with Crippen LogP contribution >= 0.6 is 0 Å². The summed E-state index contributed by atoms with van der Waals surface area (Å²) in [4.78, 5) is 24.5. The van der Waals surface area contributed by atoms with Crippen LogP contribution in [0, 0.1) is 0 Å². The minimum Gasteiger partial charge on any atom is -0.466 e. The van der Waals surface area contributed by atoms with E-state index in [2.05, 4.69) is 31.3 Å². The van der Waals surface area contributed by atoms with Gasteiger partial charge >= 0.3 is 5.97 Å².